The van der Waals surface area contributed by atoms with Crippen molar-refractivity contribution in [3.05, 3.63) is 31.7 Å². The number of hydrogen-bond donors (Lipinski definition) is 2. The molecule has 0 aromatic carbocycles. The fraction of sp³-hybridized carbons (Fsp3) is 0.545. The Balaban J connectivity index is 2.70. The van der Waals surface area contributed by atoms with Crippen LogP contribution >= 0.6 is 0 Å². The van der Waals surface area contributed by atoms with Gasteiger partial charge in [0, 0.05) is 11.3 Å². The highest BCUT2D eigenvalue weighted by Crippen LogP contribution is 2.40. The van der Waals surface area contributed by atoms with E-state index in [9.17, 15) is 20.0 Å². The predicted octanol–water partition coefficient (Wildman–Crippen LogP) is 1.67. The number of aromatic hydroxyl groups is 1. The summed E-state index contributed by atoms with van der Waals surface area (Å²) in [6.45, 7) is 3.95. The van der Waals surface area contributed by atoms with E-state index < -0.39 is 21.9 Å². The first-order valence-electron chi connectivity index (χ1n) is 5.54. The van der Waals surface area contributed by atoms with Crippen molar-refractivity contribution in [2.24, 2.45) is 5.92 Å². The zero-order chi connectivity index (χ0) is 12.7. The molecule has 0 spiro atoms. The van der Waals surface area contributed by atoms with Crippen LogP contribution in [0, 0.1) is 16.0 Å². The molecule has 2 atom stereocenters. The third-order valence-electron chi connectivity index (χ3n) is 3.27. The average molecular weight is 238 g/mol. The molecule has 0 fully saturated rings. The lowest BCUT2D eigenvalue weighted by Gasteiger charge is -2.26. The van der Waals surface area contributed by atoms with Crippen LogP contribution in [0.25, 0.3) is 0 Å². The molecule has 6 nitrogen and oxygen atoms in total. The molecule has 1 aromatic rings. The van der Waals surface area contributed by atoms with Crippen molar-refractivity contribution in [3.63, 3.8) is 0 Å². The van der Waals surface area contributed by atoms with Gasteiger partial charge in [0.1, 0.15) is 0 Å². The van der Waals surface area contributed by atoms with E-state index in [0.29, 0.717) is 23.6 Å². The monoisotopic (exact) mass is 238 g/mol. The molecule has 2 rings (SSSR count). The van der Waals surface area contributed by atoms with E-state index in [4.69, 9.17) is 0 Å². The molecule has 0 saturated carbocycles. The van der Waals surface area contributed by atoms with Gasteiger partial charge in [-0.05, 0) is 24.7 Å². The lowest BCUT2D eigenvalue weighted by atomic mass is 9.80. The van der Waals surface area contributed by atoms with Crippen molar-refractivity contribution in [1.82, 2.24) is 4.98 Å². The number of pyridine rings is 1. The lowest BCUT2D eigenvalue weighted by Crippen LogP contribution is -2.23. The summed E-state index contributed by atoms with van der Waals surface area (Å²) in [4.78, 5) is 23.9. The summed E-state index contributed by atoms with van der Waals surface area (Å²) in [6, 6.07) is 0. The van der Waals surface area contributed by atoms with Gasteiger partial charge in [0.15, 0.2) is 0 Å². The molecule has 0 radical (unpaired) electrons. The van der Waals surface area contributed by atoms with Crippen molar-refractivity contribution in [3.8, 4) is 5.75 Å². The van der Waals surface area contributed by atoms with Gasteiger partial charge in [0.25, 0.3) is 0 Å². The Kier molecular flexibility index (Phi) is 2.65. The van der Waals surface area contributed by atoms with Gasteiger partial charge in [-0.1, -0.05) is 13.8 Å². The molecule has 0 aliphatic heterocycles. The van der Waals surface area contributed by atoms with Crippen LogP contribution in [-0.2, 0) is 6.42 Å². The molecule has 2 N–H and O–H groups in total. The van der Waals surface area contributed by atoms with E-state index in [2.05, 4.69) is 11.9 Å². The van der Waals surface area contributed by atoms with E-state index in [1.54, 1.807) is 0 Å². The van der Waals surface area contributed by atoms with Crippen LogP contribution in [-0.4, -0.2) is 15.0 Å². The van der Waals surface area contributed by atoms with Gasteiger partial charge >= 0.3 is 11.2 Å². The van der Waals surface area contributed by atoms with E-state index in [0.717, 1.165) is 6.42 Å². The molecule has 1 heterocycles. The Morgan fingerprint density at radius 2 is 2.12 bits per heavy atom. The maximum atomic E-state index is 11.5. The van der Waals surface area contributed by atoms with Gasteiger partial charge in [0.2, 0.25) is 5.75 Å². The number of rotatable bonds is 1. The van der Waals surface area contributed by atoms with Crippen molar-refractivity contribution in [2.45, 2.75) is 32.6 Å². The molecule has 0 bridgehead atoms. The molecule has 92 valence electrons. The van der Waals surface area contributed by atoms with Crippen LogP contribution in [0.15, 0.2) is 4.79 Å². The van der Waals surface area contributed by atoms with Crippen molar-refractivity contribution in [2.75, 3.05) is 0 Å². The number of nitro groups is 1. The summed E-state index contributed by atoms with van der Waals surface area (Å²) in [5.41, 5.74) is -0.420. The van der Waals surface area contributed by atoms with Crippen LogP contribution < -0.4 is 5.56 Å². The van der Waals surface area contributed by atoms with Crippen molar-refractivity contribution in [1.29, 1.82) is 0 Å². The molecule has 1 aliphatic carbocycles. The molecule has 2 unspecified atom stereocenters. The largest absolute Gasteiger partial charge is 0.502 e. The normalized spacial score (nSPS) is 23.2. The van der Waals surface area contributed by atoms with Gasteiger partial charge in [-0.25, -0.2) is 0 Å². The Bertz CT molecular complexity index is 535. The minimum absolute atomic E-state index is 0.0179. The SMILES string of the molecule is CC1Cc2[nH]c(=O)c([N+](=O)[O-])c(O)c2C(C)C1. The fourth-order valence-electron chi connectivity index (χ4n) is 2.66. The number of aromatic amines is 1. The second-order valence-electron chi connectivity index (χ2n) is 4.75. The Hall–Kier alpha value is -1.85. The standard InChI is InChI=1S/C11H14N2O4/c1-5-3-6(2)8-7(4-5)12-11(15)9(10(8)14)13(16)17/h5-6H,3-4H2,1-2H3,(H2,12,14,15). The summed E-state index contributed by atoms with van der Waals surface area (Å²) >= 11 is 0. The van der Waals surface area contributed by atoms with E-state index in [1.165, 1.54) is 0 Å². The topological polar surface area (TPSA) is 96.2 Å². The maximum absolute atomic E-state index is 11.5. The first kappa shape index (κ1) is 11.6. The summed E-state index contributed by atoms with van der Waals surface area (Å²) in [5, 5.41) is 20.6. The lowest BCUT2D eigenvalue weighted by molar-refractivity contribution is -0.387. The second-order valence-corrected chi connectivity index (χ2v) is 4.75. The first-order valence-corrected chi connectivity index (χ1v) is 5.54. The molecule has 0 amide bonds. The number of aromatic nitrogens is 1. The summed E-state index contributed by atoms with van der Waals surface area (Å²) in [6.07, 6.45) is 1.49. The predicted molar refractivity (Wildman–Crippen MR) is 61.3 cm³/mol. The fourth-order valence-corrected chi connectivity index (χ4v) is 2.66. The van der Waals surface area contributed by atoms with Gasteiger partial charge in [-0.15, -0.1) is 0 Å². The smallest absolute Gasteiger partial charge is 0.375 e. The van der Waals surface area contributed by atoms with Crippen molar-refractivity contribution < 1.29 is 10.0 Å². The average Bonchev–Trinajstić information content (AvgIpc) is 2.13. The van der Waals surface area contributed by atoms with Crippen LogP contribution in [0.4, 0.5) is 5.69 Å². The summed E-state index contributed by atoms with van der Waals surface area (Å²) in [5.74, 6) is -0.0496. The van der Waals surface area contributed by atoms with E-state index >= 15 is 0 Å². The van der Waals surface area contributed by atoms with Crippen LogP contribution in [0.1, 0.15) is 37.4 Å². The molecule has 0 saturated heterocycles. The number of fused-ring (bicyclic) bond motifs is 1. The molecule has 17 heavy (non-hydrogen) atoms. The number of nitrogens with one attached hydrogen (secondary N) is 1. The highest BCUT2D eigenvalue weighted by atomic mass is 16.6. The zero-order valence-electron chi connectivity index (χ0n) is 9.69. The highest BCUT2D eigenvalue weighted by molar-refractivity contribution is 5.53. The molecular formula is C11H14N2O4. The minimum atomic E-state index is -0.834. The van der Waals surface area contributed by atoms with Crippen LogP contribution in [0.5, 0.6) is 5.75 Å². The van der Waals surface area contributed by atoms with Crippen molar-refractivity contribution >= 4 is 5.69 Å². The molecular weight excluding hydrogens is 224 g/mol. The van der Waals surface area contributed by atoms with Gasteiger partial charge in [-0.2, -0.15) is 0 Å². The second kappa shape index (κ2) is 3.87. The molecule has 1 aromatic heterocycles. The van der Waals surface area contributed by atoms with Gasteiger partial charge in [0.05, 0.1) is 4.92 Å². The molecule has 6 heteroatoms. The third kappa shape index (κ3) is 1.79. The van der Waals surface area contributed by atoms with Crippen LogP contribution in [0.2, 0.25) is 0 Å². The maximum Gasteiger partial charge on any atom is 0.375 e. The zero-order valence-corrected chi connectivity index (χ0v) is 9.69. The quantitative estimate of drug-likeness (QED) is 0.574. The van der Waals surface area contributed by atoms with Gasteiger partial charge < -0.3 is 10.1 Å². The number of nitrogens with zero attached hydrogens (tertiary/aromatic N) is 1. The Morgan fingerprint density at radius 1 is 1.47 bits per heavy atom. The highest BCUT2D eigenvalue weighted by Gasteiger charge is 2.32. The number of hydrogen-bond acceptors (Lipinski definition) is 4. The third-order valence-corrected chi connectivity index (χ3v) is 3.27. The van der Waals surface area contributed by atoms with Gasteiger partial charge in [-0.3, -0.25) is 14.9 Å². The number of H-pyrrole nitrogens is 1. The van der Waals surface area contributed by atoms with Crippen LogP contribution in [0.3, 0.4) is 0 Å². The van der Waals surface area contributed by atoms with E-state index in [1.807, 2.05) is 6.92 Å². The minimum Gasteiger partial charge on any atom is -0.502 e. The summed E-state index contributed by atoms with van der Waals surface area (Å²) in [7, 11) is 0. The van der Waals surface area contributed by atoms with E-state index in [-0.39, 0.29) is 5.92 Å². The Labute approximate surface area is 97.4 Å². The first-order chi connectivity index (χ1) is 7.91. The molecule has 1 aliphatic rings. The summed E-state index contributed by atoms with van der Waals surface area (Å²) < 4.78 is 0. The Morgan fingerprint density at radius 3 is 2.71 bits per heavy atom.